The molecule has 0 saturated heterocycles. The Labute approximate surface area is 119 Å². The summed E-state index contributed by atoms with van der Waals surface area (Å²) < 4.78 is 11.1. The Morgan fingerprint density at radius 1 is 1.10 bits per heavy atom. The Hall–Kier alpha value is -2.29. The smallest absolute Gasteiger partial charge is 0.163 e. The third-order valence-corrected chi connectivity index (χ3v) is 3.09. The third-order valence-electron chi connectivity index (χ3n) is 3.09. The van der Waals surface area contributed by atoms with Crippen LogP contribution in [0.1, 0.15) is 28.4 Å². The van der Waals surface area contributed by atoms with Crippen molar-refractivity contribution in [3.63, 3.8) is 0 Å². The van der Waals surface area contributed by atoms with Gasteiger partial charge in [-0.25, -0.2) is 0 Å². The zero-order valence-electron chi connectivity index (χ0n) is 12.0. The summed E-state index contributed by atoms with van der Waals surface area (Å²) in [4.78, 5) is 11.6. The summed E-state index contributed by atoms with van der Waals surface area (Å²) >= 11 is 0. The van der Waals surface area contributed by atoms with Gasteiger partial charge in [0.2, 0.25) is 0 Å². The van der Waals surface area contributed by atoms with Crippen LogP contribution >= 0.6 is 0 Å². The maximum atomic E-state index is 11.6. The highest BCUT2D eigenvalue weighted by molar-refractivity contribution is 5.96. The van der Waals surface area contributed by atoms with Crippen molar-refractivity contribution in [2.75, 3.05) is 7.11 Å². The van der Waals surface area contributed by atoms with E-state index in [1.165, 1.54) is 0 Å². The molecule has 0 aliphatic rings. The lowest BCUT2D eigenvalue weighted by atomic mass is 10.1. The zero-order valence-corrected chi connectivity index (χ0v) is 12.0. The number of methoxy groups -OCH3 is 1. The van der Waals surface area contributed by atoms with E-state index in [0.29, 0.717) is 17.9 Å². The van der Waals surface area contributed by atoms with Gasteiger partial charge in [-0.1, -0.05) is 24.3 Å². The van der Waals surface area contributed by atoms with Crippen molar-refractivity contribution in [1.29, 1.82) is 0 Å². The van der Waals surface area contributed by atoms with Gasteiger partial charge in [-0.2, -0.15) is 0 Å². The molecule has 0 atom stereocenters. The molecule has 0 N–H and O–H groups in total. The molecular weight excluding hydrogens is 252 g/mol. The molecule has 0 aromatic heterocycles. The van der Waals surface area contributed by atoms with Crippen LogP contribution in [-0.2, 0) is 6.61 Å². The van der Waals surface area contributed by atoms with Crippen LogP contribution in [0.2, 0.25) is 0 Å². The second kappa shape index (κ2) is 6.24. The number of rotatable bonds is 5. The van der Waals surface area contributed by atoms with Gasteiger partial charge < -0.3 is 9.47 Å². The summed E-state index contributed by atoms with van der Waals surface area (Å²) in [5, 5.41) is 0. The highest BCUT2D eigenvalue weighted by Crippen LogP contribution is 2.24. The Balaban J connectivity index is 2.22. The summed E-state index contributed by atoms with van der Waals surface area (Å²) in [6.07, 6.45) is 0. The Bertz CT molecular complexity index is 617. The van der Waals surface area contributed by atoms with Gasteiger partial charge in [0, 0.05) is 5.56 Å². The maximum absolute atomic E-state index is 11.6. The van der Waals surface area contributed by atoms with Crippen LogP contribution in [0.4, 0.5) is 0 Å². The molecule has 0 heterocycles. The Morgan fingerprint density at radius 3 is 2.55 bits per heavy atom. The standard InChI is InChI=1S/C17H18O3/c1-12-8-9-15(13(2)18)17(10-12)20-11-14-6-4-5-7-16(14)19-3/h4-10H,11H2,1-3H3. The molecule has 0 fully saturated rings. The van der Waals surface area contributed by atoms with Crippen LogP contribution in [-0.4, -0.2) is 12.9 Å². The second-order valence-corrected chi connectivity index (χ2v) is 4.66. The lowest BCUT2D eigenvalue weighted by Gasteiger charge is -2.12. The van der Waals surface area contributed by atoms with Crippen molar-refractivity contribution >= 4 is 5.78 Å². The number of para-hydroxylation sites is 1. The van der Waals surface area contributed by atoms with E-state index in [1.807, 2.05) is 43.3 Å². The maximum Gasteiger partial charge on any atom is 0.163 e. The minimum absolute atomic E-state index is 0.0000247. The minimum atomic E-state index is 0.0000247. The van der Waals surface area contributed by atoms with E-state index >= 15 is 0 Å². The molecule has 20 heavy (non-hydrogen) atoms. The molecule has 2 aromatic rings. The van der Waals surface area contributed by atoms with Gasteiger partial charge in [0.05, 0.1) is 12.7 Å². The Morgan fingerprint density at radius 2 is 1.85 bits per heavy atom. The van der Waals surface area contributed by atoms with Crippen LogP contribution in [0.25, 0.3) is 0 Å². The van der Waals surface area contributed by atoms with E-state index in [2.05, 4.69) is 0 Å². The molecule has 2 aromatic carbocycles. The van der Waals surface area contributed by atoms with Crippen molar-refractivity contribution in [1.82, 2.24) is 0 Å². The molecule has 0 spiro atoms. The number of benzene rings is 2. The van der Waals surface area contributed by atoms with Crippen molar-refractivity contribution < 1.29 is 14.3 Å². The first-order valence-electron chi connectivity index (χ1n) is 6.48. The lowest BCUT2D eigenvalue weighted by molar-refractivity contribution is 0.101. The predicted octanol–water partition coefficient (Wildman–Crippen LogP) is 3.79. The van der Waals surface area contributed by atoms with Crippen LogP contribution in [0.15, 0.2) is 42.5 Å². The lowest BCUT2D eigenvalue weighted by Crippen LogP contribution is -2.03. The van der Waals surface area contributed by atoms with Gasteiger partial charge in [0.15, 0.2) is 5.78 Å². The van der Waals surface area contributed by atoms with Gasteiger partial charge >= 0.3 is 0 Å². The molecule has 0 bridgehead atoms. The van der Waals surface area contributed by atoms with E-state index in [1.54, 1.807) is 20.1 Å². The summed E-state index contributed by atoms with van der Waals surface area (Å²) in [5.41, 5.74) is 2.61. The summed E-state index contributed by atoms with van der Waals surface area (Å²) in [6.45, 7) is 3.88. The van der Waals surface area contributed by atoms with Crippen molar-refractivity contribution in [3.8, 4) is 11.5 Å². The van der Waals surface area contributed by atoms with E-state index in [9.17, 15) is 4.79 Å². The summed E-state index contributed by atoms with van der Waals surface area (Å²) in [5.74, 6) is 1.40. The molecule has 0 aliphatic heterocycles. The van der Waals surface area contributed by atoms with Crippen molar-refractivity contribution in [2.24, 2.45) is 0 Å². The fraction of sp³-hybridized carbons (Fsp3) is 0.235. The van der Waals surface area contributed by atoms with Crippen LogP contribution in [0.5, 0.6) is 11.5 Å². The van der Waals surface area contributed by atoms with Gasteiger partial charge in [0.1, 0.15) is 18.1 Å². The highest BCUT2D eigenvalue weighted by atomic mass is 16.5. The predicted molar refractivity (Wildman–Crippen MR) is 78.5 cm³/mol. The van der Waals surface area contributed by atoms with E-state index in [-0.39, 0.29) is 5.78 Å². The average molecular weight is 270 g/mol. The van der Waals surface area contributed by atoms with Gasteiger partial charge in [-0.15, -0.1) is 0 Å². The van der Waals surface area contributed by atoms with Crippen molar-refractivity contribution in [3.05, 3.63) is 59.2 Å². The third kappa shape index (κ3) is 3.18. The monoisotopic (exact) mass is 270 g/mol. The largest absolute Gasteiger partial charge is 0.496 e. The number of ketones is 1. The number of ether oxygens (including phenoxy) is 2. The quantitative estimate of drug-likeness (QED) is 0.775. The van der Waals surface area contributed by atoms with Gasteiger partial charge in [-0.3, -0.25) is 4.79 Å². The van der Waals surface area contributed by atoms with Gasteiger partial charge in [0.25, 0.3) is 0 Å². The van der Waals surface area contributed by atoms with E-state index < -0.39 is 0 Å². The number of Topliss-reactive ketones (excluding diaryl/α,β-unsaturated/α-hetero) is 1. The molecule has 0 radical (unpaired) electrons. The molecule has 3 nitrogen and oxygen atoms in total. The zero-order chi connectivity index (χ0) is 14.5. The minimum Gasteiger partial charge on any atom is -0.496 e. The molecule has 2 rings (SSSR count). The highest BCUT2D eigenvalue weighted by Gasteiger charge is 2.10. The molecular formula is C17H18O3. The molecule has 0 amide bonds. The Kier molecular flexibility index (Phi) is 4.41. The summed E-state index contributed by atoms with van der Waals surface area (Å²) in [7, 11) is 1.63. The molecule has 0 aliphatic carbocycles. The number of carbonyl (C=O) groups excluding carboxylic acids is 1. The SMILES string of the molecule is COc1ccccc1COc1cc(C)ccc1C(C)=O. The van der Waals surface area contributed by atoms with Crippen molar-refractivity contribution in [2.45, 2.75) is 20.5 Å². The van der Waals surface area contributed by atoms with Crippen LogP contribution in [0.3, 0.4) is 0 Å². The number of hydrogen-bond acceptors (Lipinski definition) is 3. The second-order valence-electron chi connectivity index (χ2n) is 4.66. The first-order chi connectivity index (χ1) is 9.61. The molecule has 104 valence electrons. The topological polar surface area (TPSA) is 35.5 Å². The average Bonchev–Trinajstić information content (AvgIpc) is 2.45. The summed E-state index contributed by atoms with van der Waals surface area (Å²) in [6, 6.07) is 13.3. The molecule has 3 heteroatoms. The number of aryl methyl sites for hydroxylation is 1. The van der Waals surface area contributed by atoms with E-state index in [0.717, 1.165) is 16.9 Å². The number of hydrogen-bond donors (Lipinski definition) is 0. The van der Waals surface area contributed by atoms with Crippen LogP contribution < -0.4 is 9.47 Å². The van der Waals surface area contributed by atoms with E-state index in [4.69, 9.17) is 9.47 Å². The van der Waals surface area contributed by atoms with Gasteiger partial charge in [-0.05, 0) is 37.6 Å². The fourth-order valence-corrected chi connectivity index (χ4v) is 2.02. The fourth-order valence-electron chi connectivity index (χ4n) is 2.02. The number of carbonyl (C=O) groups is 1. The molecule has 0 unspecified atom stereocenters. The normalized spacial score (nSPS) is 10.2. The first-order valence-corrected chi connectivity index (χ1v) is 6.48. The van der Waals surface area contributed by atoms with Crippen LogP contribution in [0, 0.1) is 6.92 Å². The molecule has 0 saturated carbocycles. The first kappa shape index (κ1) is 14.1.